The number of aliphatic carboxylic acids is 1. The first-order valence-corrected chi connectivity index (χ1v) is 12.8. The van der Waals surface area contributed by atoms with Gasteiger partial charge in [-0.1, -0.05) is 18.2 Å². The van der Waals surface area contributed by atoms with Crippen molar-refractivity contribution in [1.29, 1.82) is 0 Å². The molecule has 1 saturated heterocycles. The van der Waals surface area contributed by atoms with Crippen LogP contribution in [0.4, 0.5) is 0 Å². The minimum Gasteiger partial charge on any atom is -0.496 e. The lowest BCUT2D eigenvalue weighted by atomic mass is 10.1. The number of carboxylic acid groups (broad SMARTS) is 1. The quantitative estimate of drug-likeness (QED) is 0.345. The van der Waals surface area contributed by atoms with Crippen LogP contribution in [0, 0.1) is 6.92 Å². The van der Waals surface area contributed by atoms with Crippen molar-refractivity contribution >= 4 is 27.5 Å². The van der Waals surface area contributed by atoms with Crippen LogP contribution in [0.3, 0.4) is 0 Å². The van der Waals surface area contributed by atoms with Gasteiger partial charge in [-0.15, -0.1) is 11.3 Å². The van der Waals surface area contributed by atoms with E-state index in [1.165, 1.54) is 17.6 Å². The van der Waals surface area contributed by atoms with Gasteiger partial charge in [0, 0.05) is 18.8 Å². The van der Waals surface area contributed by atoms with E-state index >= 15 is 0 Å². The lowest BCUT2D eigenvalue weighted by Crippen LogP contribution is -2.28. The Morgan fingerprint density at radius 2 is 2.08 bits per heavy atom. The van der Waals surface area contributed by atoms with Gasteiger partial charge in [-0.3, -0.25) is 14.3 Å². The average molecular weight is 526 g/mol. The number of thiophene rings is 1. The zero-order chi connectivity index (χ0) is 25.9. The Morgan fingerprint density at radius 1 is 1.30 bits per heavy atom. The first-order valence-electron chi connectivity index (χ1n) is 12.0. The summed E-state index contributed by atoms with van der Waals surface area (Å²) in [6, 6.07) is 7.62. The molecule has 0 bridgehead atoms. The zero-order valence-corrected chi connectivity index (χ0v) is 21.3. The predicted molar refractivity (Wildman–Crippen MR) is 136 cm³/mol. The van der Waals surface area contributed by atoms with E-state index in [0.29, 0.717) is 45.5 Å². The molecular formula is C26H27N3O7S. The fourth-order valence-electron chi connectivity index (χ4n) is 4.60. The maximum Gasteiger partial charge on any atom is 0.309 e. The number of carbonyl (C=O) groups is 1. The maximum atomic E-state index is 13.3. The SMILES string of the molecule is COc1ccccc1[C@H](Cn1nc(CC(=O)O)c(=O)c2c(C)c(-c3ncco3)sc21)OC1CCOCC1. The number of aromatic nitrogens is 3. The summed E-state index contributed by atoms with van der Waals surface area (Å²) in [7, 11) is 1.61. The summed E-state index contributed by atoms with van der Waals surface area (Å²) in [5, 5.41) is 14.4. The molecule has 194 valence electrons. The largest absolute Gasteiger partial charge is 0.496 e. The van der Waals surface area contributed by atoms with Crippen molar-refractivity contribution in [3.8, 4) is 16.5 Å². The molecule has 0 radical (unpaired) electrons. The summed E-state index contributed by atoms with van der Waals surface area (Å²) in [5.74, 6) is -0.0642. The number of fused-ring (bicyclic) bond motifs is 1. The van der Waals surface area contributed by atoms with Crippen molar-refractivity contribution in [2.24, 2.45) is 0 Å². The van der Waals surface area contributed by atoms with Crippen LogP contribution in [0.5, 0.6) is 5.75 Å². The number of para-hydroxylation sites is 1. The standard InChI is InChI=1S/C26H27N3O7S/c1-15-22-23(32)18(13-21(30)31)28-29(26(22)37-24(15)25-27-9-12-35-25)14-20(36-16-7-10-34-11-8-16)17-5-3-4-6-19(17)33-2/h3-6,9,12,16,20H,7-8,10-11,13-14H2,1-2H3,(H,30,31)/t20-/m0/s1. The van der Waals surface area contributed by atoms with E-state index in [1.54, 1.807) is 18.0 Å². The number of nitrogens with zero attached hydrogens (tertiary/aromatic N) is 3. The Bertz CT molecular complexity index is 1460. The van der Waals surface area contributed by atoms with E-state index in [-0.39, 0.29) is 18.3 Å². The number of benzene rings is 1. The molecule has 1 aliphatic rings. The lowest BCUT2D eigenvalue weighted by molar-refractivity contribution is -0.136. The molecule has 0 spiro atoms. The Labute approximate surface area is 216 Å². The second-order valence-corrected chi connectivity index (χ2v) is 9.78. The third-order valence-corrected chi connectivity index (χ3v) is 7.68. The summed E-state index contributed by atoms with van der Waals surface area (Å²) >= 11 is 1.33. The number of ether oxygens (including phenoxy) is 3. The van der Waals surface area contributed by atoms with E-state index in [4.69, 9.17) is 18.6 Å². The van der Waals surface area contributed by atoms with Crippen molar-refractivity contribution in [1.82, 2.24) is 14.8 Å². The van der Waals surface area contributed by atoms with Crippen LogP contribution >= 0.6 is 11.3 Å². The summed E-state index contributed by atoms with van der Waals surface area (Å²) in [6.07, 6.45) is 3.55. The van der Waals surface area contributed by atoms with Crippen molar-refractivity contribution in [3.05, 3.63) is 63.8 Å². The highest BCUT2D eigenvalue weighted by Gasteiger charge is 2.27. The molecule has 4 aromatic rings. The van der Waals surface area contributed by atoms with Gasteiger partial charge in [0.05, 0.1) is 42.6 Å². The molecule has 1 atom stereocenters. The van der Waals surface area contributed by atoms with Gasteiger partial charge in [0.2, 0.25) is 11.3 Å². The normalized spacial score (nSPS) is 15.2. The van der Waals surface area contributed by atoms with Gasteiger partial charge < -0.3 is 23.7 Å². The Balaban J connectivity index is 1.65. The molecule has 1 aromatic carbocycles. The molecule has 10 nitrogen and oxygen atoms in total. The van der Waals surface area contributed by atoms with Gasteiger partial charge >= 0.3 is 5.97 Å². The van der Waals surface area contributed by atoms with Crippen LogP contribution in [0.15, 0.2) is 45.9 Å². The first-order chi connectivity index (χ1) is 18.0. The summed E-state index contributed by atoms with van der Waals surface area (Å²) < 4.78 is 24.9. The van der Waals surface area contributed by atoms with Gasteiger partial charge in [0.1, 0.15) is 28.6 Å². The van der Waals surface area contributed by atoms with E-state index in [1.807, 2.05) is 31.2 Å². The highest BCUT2D eigenvalue weighted by molar-refractivity contribution is 7.22. The molecule has 1 aliphatic heterocycles. The monoisotopic (exact) mass is 525 g/mol. The molecule has 37 heavy (non-hydrogen) atoms. The smallest absolute Gasteiger partial charge is 0.309 e. The van der Waals surface area contributed by atoms with Crippen molar-refractivity contribution in [2.75, 3.05) is 20.3 Å². The first kappa shape index (κ1) is 25.1. The maximum absolute atomic E-state index is 13.3. The van der Waals surface area contributed by atoms with Crippen molar-refractivity contribution in [2.45, 2.75) is 44.9 Å². The van der Waals surface area contributed by atoms with E-state index < -0.39 is 23.9 Å². The molecule has 0 unspecified atom stereocenters. The number of hydrogen-bond acceptors (Lipinski definition) is 9. The van der Waals surface area contributed by atoms with Crippen LogP contribution < -0.4 is 10.2 Å². The molecule has 3 aromatic heterocycles. The van der Waals surface area contributed by atoms with Crippen LogP contribution in [-0.2, 0) is 27.2 Å². The summed E-state index contributed by atoms with van der Waals surface area (Å²) in [5.41, 5.74) is 1.07. The van der Waals surface area contributed by atoms with Gasteiger partial charge in [0.15, 0.2) is 0 Å². The second kappa shape index (κ2) is 10.8. The summed E-state index contributed by atoms with van der Waals surface area (Å²) in [6.45, 7) is 3.30. The van der Waals surface area contributed by atoms with Gasteiger partial charge in [-0.25, -0.2) is 4.98 Å². The molecule has 1 N–H and O–H groups in total. The molecule has 0 aliphatic carbocycles. The molecular weight excluding hydrogens is 498 g/mol. The van der Waals surface area contributed by atoms with Crippen LogP contribution in [0.25, 0.3) is 21.0 Å². The second-order valence-electron chi connectivity index (χ2n) is 8.78. The fourth-order valence-corrected chi connectivity index (χ4v) is 5.80. The highest BCUT2D eigenvalue weighted by Crippen LogP contribution is 2.37. The Morgan fingerprint density at radius 3 is 2.78 bits per heavy atom. The van der Waals surface area contributed by atoms with Crippen molar-refractivity contribution in [3.63, 3.8) is 0 Å². The van der Waals surface area contributed by atoms with E-state index in [2.05, 4.69) is 10.1 Å². The topological polar surface area (TPSA) is 126 Å². The minimum atomic E-state index is -1.13. The number of oxazole rings is 1. The molecule has 0 saturated carbocycles. The molecule has 11 heteroatoms. The van der Waals surface area contributed by atoms with Gasteiger partial charge in [-0.2, -0.15) is 5.10 Å². The Kier molecular flexibility index (Phi) is 7.36. The molecule has 4 heterocycles. The summed E-state index contributed by atoms with van der Waals surface area (Å²) in [4.78, 5) is 30.5. The van der Waals surface area contributed by atoms with Crippen molar-refractivity contribution < 1.29 is 28.5 Å². The number of rotatable bonds is 9. The number of carboxylic acids is 1. The van der Waals surface area contributed by atoms with Gasteiger partial charge in [-0.05, 0) is 31.4 Å². The van der Waals surface area contributed by atoms with Crippen LogP contribution in [0.2, 0.25) is 0 Å². The third-order valence-electron chi connectivity index (χ3n) is 6.39. The van der Waals surface area contributed by atoms with E-state index in [9.17, 15) is 14.7 Å². The molecule has 5 rings (SSSR count). The average Bonchev–Trinajstić information content (AvgIpc) is 3.55. The molecule has 0 amide bonds. The van der Waals surface area contributed by atoms with Gasteiger partial charge in [0.25, 0.3) is 0 Å². The van der Waals surface area contributed by atoms with Crippen LogP contribution in [0.1, 0.15) is 35.8 Å². The third kappa shape index (κ3) is 5.15. The van der Waals surface area contributed by atoms with Crippen LogP contribution in [-0.4, -0.2) is 52.3 Å². The predicted octanol–water partition coefficient (Wildman–Crippen LogP) is 3.99. The zero-order valence-electron chi connectivity index (χ0n) is 20.5. The fraction of sp³-hybridized carbons (Fsp3) is 0.385. The number of methoxy groups -OCH3 is 1. The van der Waals surface area contributed by atoms with E-state index in [0.717, 1.165) is 18.4 Å². The highest BCUT2D eigenvalue weighted by atomic mass is 32.1. The minimum absolute atomic E-state index is 0.0232. The molecule has 1 fully saturated rings. The Hall–Kier alpha value is -3.54. The number of aryl methyl sites for hydroxylation is 1. The number of hydrogen-bond donors (Lipinski definition) is 1. The lowest BCUT2D eigenvalue weighted by Gasteiger charge is -2.29.